The topological polar surface area (TPSA) is 74.2 Å². The van der Waals surface area contributed by atoms with Crippen LogP contribution in [0, 0.1) is 0 Å². The van der Waals surface area contributed by atoms with Crippen molar-refractivity contribution in [1.82, 2.24) is 19.8 Å². The molecule has 1 aliphatic rings. The van der Waals surface area contributed by atoms with Crippen molar-refractivity contribution in [3.05, 3.63) is 42.2 Å². The van der Waals surface area contributed by atoms with Gasteiger partial charge in [-0.15, -0.1) is 0 Å². The second kappa shape index (κ2) is 11.4. The van der Waals surface area contributed by atoms with E-state index in [1.54, 1.807) is 19.5 Å². The van der Waals surface area contributed by atoms with Crippen LogP contribution in [0.5, 0.6) is 11.5 Å². The van der Waals surface area contributed by atoms with E-state index in [1.807, 2.05) is 25.2 Å². The SMILES string of the molecule is COc1cc(CN(C)C[C@@]2(O)CCCN(c3ncccn3)C2)ccc1OCCCN(C)C. The number of β-amino-alcohol motifs (C(OH)–C–C–N with tert-alkyl or cyclic N) is 1. The van der Waals surface area contributed by atoms with Crippen molar-refractivity contribution in [3.8, 4) is 11.5 Å². The van der Waals surface area contributed by atoms with Crippen molar-refractivity contribution in [2.45, 2.75) is 31.4 Å². The molecule has 0 bridgehead atoms. The minimum absolute atomic E-state index is 0.532. The summed E-state index contributed by atoms with van der Waals surface area (Å²) in [6.45, 7) is 4.32. The molecule has 2 aromatic rings. The third-order valence-corrected chi connectivity index (χ3v) is 5.64. The van der Waals surface area contributed by atoms with E-state index in [4.69, 9.17) is 9.47 Å². The van der Waals surface area contributed by atoms with Crippen LogP contribution in [0.4, 0.5) is 5.95 Å². The fourth-order valence-corrected chi connectivity index (χ4v) is 4.23. The van der Waals surface area contributed by atoms with Crippen molar-refractivity contribution >= 4 is 5.95 Å². The average Bonchev–Trinajstić information content (AvgIpc) is 2.77. The molecule has 1 aromatic heterocycles. The van der Waals surface area contributed by atoms with Crippen LogP contribution in [0.25, 0.3) is 0 Å². The molecule has 0 aliphatic carbocycles. The summed E-state index contributed by atoms with van der Waals surface area (Å²) in [4.78, 5) is 15.1. The van der Waals surface area contributed by atoms with Gasteiger partial charge in [-0.25, -0.2) is 9.97 Å². The Kier molecular flexibility index (Phi) is 8.67. The molecule has 1 aromatic carbocycles. The summed E-state index contributed by atoms with van der Waals surface area (Å²) in [5.41, 5.74) is 0.318. The van der Waals surface area contributed by atoms with Gasteiger partial charge >= 0.3 is 0 Å². The summed E-state index contributed by atoms with van der Waals surface area (Å²) in [6, 6.07) is 7.87. The summed E-state index contributed by atoms with van der Waals surface area (Å²) < 4.78 is 11.5. The summed E-state index contributed by atoms with van der Waals surface area (Å²) in [7, 11) is 7.82. The Morgan fingerprint density at radius 1 is 1.16 bits per heavy atom. The lowest BCUT2D eigenvalue weighted by Gasteiger charge is -2.41. The second-order valence-corrected chi connectivity index (χ2v) is 8.96. The van der Waals surface area contributed by atoms with Gasteiger partial charge in [-0.1, -0.05) is 6.07 Å². The molecule has 0 spiro atoms. The van der Waals surface area contributed by atoms with Crippen molar-refractivity contribution in [1.29, 1.82) is 0 Å². The maximum absolute atomic E-state index is 11.3. The summed E-state index contributed by atoms with van der Waals surface area (Å²) >= 11 is 0. The Hall–Kier alpha value is -2.42. The van der Waals surface area contributed by atoms with E-state index >= 15 is 0 Å². The molecule has 176 valence electrons. The molecule has 1 atom stereocenters. The predicted molar refractivity (Wildman–Crippen MR) is 126 cm³/mol. The Bertz CT molecular complexity index is 836. The minimum atomic E-state index is -0.800. The van der Waals surface area contributed by atoms with Crippen LogP contribution in [0.15, 0.2) is 36.7 Å². The lowest BCUT2D eigenvalue weighted by atomic mass is 9.92. The number of aliphatic hydroxyl groups is 1. The Labute approximate surface area is 191 Å². The molecule has 0 unspecified atom stereocenters. The third kappa shape index (κ3) is 7.05. The first-order valence-electron chi connectivity index (χ1n) is 11.3. The first-order chi connectivity index (χ1) is 15.4. The first-order valence-corrected chi connectivity index (χ1v) is 11.3. The standard InChI is InChI=1S/C24H37N5O3/c1-27(2)13-7-15-32-21-9-8-20(16-22(21)31-4)17-28(3)18-24(30)10-5-14-29(19-24)23-25-11-6-12-26-23/h6,8-9,11-12,16,30H,5,7,10,13-15,17-19H2,1-4H3/t24-/m0/s1. The molecule has 8 nitrogen and oxygen atoms in total. The van der Waals surface area contributed by atoms with Crippen LogP contribution in [-0.2, 0) is 6.54 Å². The van der Waals surface area contributed by atoms with Gasteiger partial charge in [0.05, 0.1) is 25.9 Å². The van der Waals surface area contributed by atoms with Crippen LogP contribution < -0.4 is 14.4 Å². The number of benzene rings is 1. The fourth-order valence-electron chi connectivity index (χ4n) is 4.23. The molecule has 32 heavy (non-hydrogen) atoms. The Morgan fingerprint density at radius 3 is 2.66 bits per heavy atom. The smallest absolute Gasteiger partial charge is 0.225 e. The molecule has 1 saturated heterocycles. The molecule has 3 rings (SSSR count). The molecule has 0 amide bonds. The molecule has 8 heteroatoms. The zero-order valence-corrected chi connectivity index (χ0v) is 19.8. The molecule has 1 aliphatic heterocycles. The maximum atomic E-state index is 11.3. The quantitative estimate of drug-likeness (QED) is 0.530. The number of aromatic nitrogens is 2. The van der Waals surface area contributed by atoms with Crippen LogP contribution in [0.2, 0.25) is 0 Å². The van der Waals surface area contributed by atoms with Crippen molar-refractivity contribution in [2.75, 3.05) is 65.9 Å². The molecule has 1 N–H and O–H groups in total. The molecule has 0 radical (unpaired) electrons. The van der Waals surface area contributed by atoms with Crippen LogP contribution in [0.1, 0.15) is 24.8 Å². The Balaban J connectivity index is 1.56. The van der Waals surface area contributed by atoms with E-state index in [2.05, 4.69) is 44.8 Å². The molecule has 2 heterocycles. The Morgan fingerprint density at radius 2 is 1.94 bits per heavy atom. The number of piperidine rings is 1. The summed E-state index contributed by atoms with van der Waals surface area (Å²) in [5, 5.41) is 11.3. The van der Waals surface area contributed by atoms with E-state index < -0.39 is 5.60 Å². The highest BCUT2D eigenvalue weighted by atomic mass is 16.5. The van der Waals surface area contributed by atoms with Gasteiger partial charge in [0.15, 0.2) is 11.5 Å². The van der Waals surface area contributed by atoms with Gasteiger partial charge in [0, 0.05) is 38.6 Å². The van der Waals surface area contributed by atoms with Gasteiger partial charge in [0.2, 0.25) is 5.95 Å². The molecule has 1 fully saturated rings. The number of rotatable bonds is 11. The lowest BCUT2D eigenvalue weighted by molar-refractivity contribution is -0.00366. The third-order valence-electron chi connectivity index (χ3n) is 5.64. The largest absolute Gasteiger partial charge is 0.493 e. The monoisotopic (exact) mass is 443 g/mol. The first kappa shape index (κ1) is 24.2. The van der Waals surface area contributed by atoms with Crippen molar-refractivity contribution < 1.29 is 14.6 Å². The van der Waals surface area contributed by atoms with Crippen LogP contribution in [-0.4, -0.2) is 91.5 Å². The van der Waals surface area contributed by atoms with Crippen LogP contribution in [0.3, 0.4) is 0 Å². The maximum Gasteiger partial charge on any atom is 0.225 e. The minimum Gasteiger partial charge on any atom is -0.493 e. The number of anilines is 1. The van der Waals surface area contributed by atoms with E-state index in [0.717, 1.165) is 49.4 Å². The van der Waals surface area contributed by atoms with Gasteiger partial charge in [-0.2, -0.15) is 0 Å². The fraction of sp³-hybridized carbons (Fsp3) is 0.583. The van der Waals surface area contributed by atoms with Gasteiger partial charge in [0.1, 0.15) is 0 Å². The van der Waals surface area contributed by atoms with Crippen molar-refractivity contribution in [2.24, 2.45) is 0 Å². The summed E-state index contributed by atoms with van der Waals surface area (Å²) in [5.74, 6) is 2.19. The van der Waals surface area contributed by atoms with Crippen molar-refractivity contribution in [3.63, 3.8) is 0 Å². The number of hydrogen-bond donors (Lipinski definition) is 1. The lowest BCUT2D eigenvalue weighted by Crippen LogP contribution is -2.54. The van der Waals surface area contributed by atoms with E-state index in [0.29, 0.717) is 32.2 Å². The highest BCUT2D eigenvalue weighted by Gasteiger charge is 2.35. The molecule has 0 saturated carbocycles. The van der Waals surface area contributed by atoms with Crippen LogP contribution >= 0.6 is 0 Å². The second-order valence-electron chi connectivity index (χ2n) is 8.96. The number of methoxy groups -OCH3 is 1. The number of hydrogen-bond acceptors (Lipinski definition) is 8. The average molecular weight is 444 g/mol. The predicted octanol–water partition coefficient (Wildman–Crippen LogP) is 2.28. The highest BCUT2D eigenvalue weighted by molar-refractivity contribution is 5.43. The number of likely N-dealkylation sites (N-methyl/N-ethyl adjacent to an activating group) is 1. The zero-order valence-electron chi connectivity index (χ0n) is 19.8. The highest BCUT2D eigenvalue weighted by Crippen LogP contribution is 2.29. The molecular formula is C24H37N5O3. The number of ether oxygens (including phenoxy) is 2. The van der Waals surface area contributed by atoms with Gasteiger partial charge in [-0.05, 0) is 64.2 Å². The normalized spacial score (nSPS) is 18.9. The van der Waals surface area contributed by atoms with Gasteiger partial charge in [0.25, 0.3) is 0 Å². The number of nitrogens with zero attached hydrogens (tertiary/aromatic N) is 5. The van der Waals surface area contributed by atoms with Gasteiger partial charge < -0.3 is 24.4 Å². The zero-order chi connectivity index (χ0) is 23.0. The van der Waals surface area contributed by atoms with E-state index in [-0.39, 0.29) is 0 Å². The molecular weight excluding hydrogens is 406 g/mol. The summed E-state index contributed by atoms with van der Waals surface area (Å²) in [6.07, 6.45) is 6.13. The van der Waals surface area contributed by atoms with Gasteiger partial charge in [-0.3, -0.25) is 4.90 Å². The van der Waals surface area contributed by atoms with E-state index in [1.165, 1.54) is 0 Å². The van der Waals surface area contributed by atoms with E-state index in [9.17, 15) is 5.11 Å².